The van der Waals surface area contributed by atoms with E-state index in [0.717, 1.165) is 5.56 Å². The topological polar surface area (TPSA) is 60.2 Å². The Morgan fingerprint density at radius 3 is 2.50 bits per heavy atom. The Hall–Kier alpha value is -2.76. The lowest BCUT2D eigenvalue weighted by Crippen LogP contribution is -1.99. The van der Waals surface area contributed by atoms with Crippen LogP contribution >= 0.6 is 0 Å². The summed E-state index contributed by atoms with van der Waals surface area (Å²) >= 11 is 0. The molecule has 0 aliphatic carbocycles. The number of halogens is 1. The van der Waals surface area contributed by atoms with Crippen LogP contribution in [0.5, 0.6) is 5.75 Å². The van der Waals surface area contributed by atoms with E-state index in [4.69, 9.17) is 9.57 Å². The molecule has 0 amide bonds. The van der Waals surface area contributed by atoms with Gasteiger partial charge in [0.05, 0.1) is 12.8 Å². The summed E-state index contributed by atoms with van der Waals surface area (Å²) in [5.74, 6) is -0.271. The zero-order chi connectivity index (χ0) is 15.9. The number of nitroso groups, excluding NO2 is 1. The smallest absolute Gasteiger partial charge is 0.165 e. The first-order chi connectivity index (χ1) is 10.6. The summed E-state index contributed by atoms with van der Waals surface area (Å²) in [7, 11) is 1.41. The van der Waals surface area contributed by atoms with Gasteiger partial charge >= 0.3 is 0 Å². The SMILES string of the molecule is COc1ccc(/C(C)=N/OCc2ccc(N=O)cc2)cc1F. The molecule has 0 bridgehead atoms. The highest BCUT2D eigenvalue weighted by atomic mass is 19.1. The standard InChI is InChI=1S/C16H15FN2O3/c1-11(13-5-8-16(21-2)15(17)9-13)19-22-10-12-3-6-14(18-20)7-4-12/h3-9H,10H2,1-2H3/b19-11+. The summed E-state index contributed by atoms with van der Waals surface area (Å²) in [5, 5.41) is 6.77. The number of rotatable bonds is 6. The minimum Gasteiger partial charge on any atom is -0.494 e. The second-order valence-electron chi connectivity index (χ2n) is 4.56. The van der Waals surface area contributed by atoms with Gasteiger partial charge in [-0.15, -0.1) is 4.91 Å². The van der Waals surface area contributed by atoms with E-state index in [1.54, 1.807) is 37.3 Å². The molecule has 0 N–H and O–H groups in total. The van der Waals surface area contributed by atoms with Gasteiger partial charge in [-0.1, -0.05) is 17.3 Å². The van der Waals surface area contributed by atoms with Gasteiger partial charge in [0.25, 0.3) is 0 Å². The van der Waals surface area contributed by atoms with Crippen LogP contribution in [-0.4, -0.2) is 12.8 Å². The molecule has 0 saturated carbocycles. The van der Waals surface area contributed by atoms with Gasteiger partial charge in [-0.25, -0.2) is 4.39 Å². The monoisotopic (exact) mass is 302 g/mol. The van der Waals surface area contributed by atoms with E-state index in [2.05, 4.69) is 10.3 Å². The molecule has 0 atom stereocenters. The predicted octanol–water partition coefficient (Wildman–Crippen LogP) is 4.17. The Balaban J connectivity index is 1.99. The van der Waals surface area contributed by atoms with Gasteiger partial charge in [0.15, 0.2) is 11.6 Å². The van der Waals surface area contributed by atoms with E-state index in [9.17, 15) is 9.30 Å². The number of methoxy groups -OCH3 is 1. The number of ether oxygens (including phenoxy) is 1. The zero-order valence-corrected chi connectivity index (χ0v) is 12.2. The van der Waals surface area contributed by atoms with Crippen molar-refractivity contribution >= 4 is 11.4 Å². The van der Waals surface area contributed by atoms with E-state index >= 15 is 0 Å². The van der Waals surface area contributed by atoms with Gasteiger partial charge in [-0.2, -0.15) is 0 Å². The quantitative estimate of drug-likeness (QED) is 0.457. The summed E-state index contributed by atoms with van der Waals surface area (Å²) in [4.78, 5) is 15.5. The molecule has 2 rings (SSSR count). The molecule has 0 radical (unpaired) electrons. The van der Waals surface area contributed by atoms with Crippen molar-refractivity contribution in [2.75, 3.05) is 7.11 Å². The predicted molar refractivity (Wildman–Crippen MR) is 81.8 cm³/mol. The summed E-state index contributed by atoms with van der Waals surface area (Å²) in [6, 6.07) is 11.2. The normalized spacial score (nSPS) is 11.1. The molecule has 0 saturated heterocycles. The molecular formula is C16H15FN2O3. The fourth-order valence-electron chi connectivity index (χ4n) is 1.80. The van der Waals surface area contributed by atoms with Crippen molar-refractivity contribution in [2.24, 2.45) is 10.3 Å². The van der Waals surface area contributed by atoms with Gasteiger partial charge in [0.1, 0.15) is 12.3 Å². The molecule has 22 heavy (non-hydrogen) atoms. The summed E-state index contributed by atoms with van der Waals surface area (Å²) in [5.41, 5.74) is 2.37. The Bertz CT molecular complexity index is 684. The first-order valence-electron chi connectivity index (χ1n) is 6.57. The minimum atomic E-state index is -0.452. The molecule has 0 unspecified atom stereocenters. The molecule has 5 nitrogen and oxygen atoms in total. The number of oxime groups is 1. The molecular weight excluding hydrogens is 287 g/mol. The third-order valence-corrected chi connectivity index (χ3v) is 3.04. The Morgan fingerprint density at radius 1 is 1.18 bits per heavy atom. The first kappa shape index (κ1) is 15.6. The molecule has 0 aliphatic heterocycles. The summed E-state index contributed by atoms with van der Waals surface area (Å²) in [6.45, 7) is 1.97. The maximum atomic E-state index is 13.6. The van der Waals surface area contributed by atoms with Gasteiger partial charge in [0.2, 0.25) is 0 Å². The number of hydrogen-bond acceptors (Lipinski definition) is 5. The molecule has 0 aliphatic rings. The fraction of sp³-hybridized carbons (Fsp3) is 0.188. The van der Waals surface area contributed by atoms with Gasteiger partial charge in [-0.3, -0.25) is 0 Å². The van der Waals surface area contributed by atoms with Crippen molar-refractivity contribution in [2.45, 2.75) is 13.5 Å². The van der Waals surface area contributed by atoms with Gasteiger partial charge in [-0.05, 0) is 48.0 Å². The molecule has 0 spiro atoms. The van der Waals surface area contributed by atoms with Crippen molar-refractivity contribution in [1.29, 1.82) is 0 Å². The lowest BCUT2D eigenvalue weighted by atomic mass is 10.1. The van der Waals surface area contributed by atoms with Gasteiger partial charge < -0.3 is 9.57 Å². The highest BCUT2D eigenvalue weighted by molar-refractivity contribution is 5.98. The van der Waals surface area contributed by atoms with Crippen LogP contribution in [0.1, 0.15) is 18.1 Å². The van der Waals surface area contributed by atoms with Crippen molar-refractivity contribution in [3.05, 3.63) is 64.3 Å². The first-order valence-corrected chi connectivity index (χ1v) is 6.57. The summed E-state index contributed by atoms with van der Waals surface area (Å²) < 4.78 is 18.5. The molecule has 0 heterocycles. The van der Waals surface area contributed by atoms with E-state index in [-0.39, 0.29) is 12.4 Å². The van der Waals surface area contributed by atoms with E-state index in [1.165, 1.54) is 19.2 Å². The highest BCUT2D eigenvalue weighted by Gasteiger charge is 2.06. The lowest BCUT2D eigenvalue weighted by molar-refractivity contribution is 0.130. The van der Waals surface area contributed by atoms with Crippen molar-refractivity contribution in [3.8, 4) is 5.75 Å². The molecule has 2 aromatic rings. The maximum Gasteiger partial charge on any atom is 0.165 e. The third kappa shape index (κ3) is 3.88. The molecule has 2 aromatic carbocycles. The molecule has 0 aromatic heterocycles. The van der Waals surface area contributed by atoms with Crippen molar-refractivity contribution in [1.82, 2.24) is 0 Å². The average Bonchev–Trinajstić information content (AvgIpc) is 2.55. The van der Waals surface area contributed by atoms with E-state index in [0.29, 0.717) is 17.0 Å². The number of benzene rings is 2. The minimum absolute atomic E-state index is 0.182. The Kier molecular flexibility index (Phi) is 5.19. The van der Waals surface area contributed by atoms with Crippen LogP contribution in [0.25, 0.3) is 0 Å². The Morgan fingerprint density at radius 2 is 1.91 bits per heavy atom. The van der Waals surface area contributed by atoms with Gasteiger partial charge in [0, 0.05) is 5.56 Å². The highest BCUT2D eigenvalue weighted by Crippen LogP contribution is 2.18. The van der Waals surface area contributed by atoms with E-state index in [1.807, 2.05) is 0 Å². The van der Waals surface area contributed by atoms with Crippen LogP contribution < -0.4 is 4.74 Å². The maximum absolute atomic E-state index is 13.6. The van der Waals surface area contributed by atoms with Crippen LogP contribution in [-0.2, 0) is 11.4 Å². The van der Waals surface area contributed by atoms with Crippen molar-refractivity contribution in [3.63, 3.8) is 0 Å². The number of nitrogens with zero attached hydrogens (tertiary/aromatic N) is 2. The lowest BCUT2D eigenvalue weighted by Gasteiger charge is -2.05. The molecule has 6 heteroatoms. The third-order valence-electron chi connectivity index (χ3n) is 3.04. The van der Waals surface area contributed by atoms with Crippen LogP contribution in [0.15, 0.2) is 52.8 Å². The van der Waals surface area contributed by atoms with Crippen LogP contribution in [0.2, 0.25) is 0 Å². The second kappa shape index (κ2) is 7.31. The van der Waals surface area contributed by atoms with Crippen LogP contribution in [0, 0.1) is 10.7 Å². The van der Waals surface area contributed by atoms with E-state index < -0.39 is 5.82 Å². The Labute approximate surface area is 127 Å². The summed E-state index contributed by atoms with van der Waals surface area (Å²) in [6.07, 6.45) is 0. The molecule has 114 valence electrons. The largest absolute Gasteiger partial charge is 0.494 e. The zero-order valence-electron chi connectivity index (χ0n) is 12.2. The molecule has 0 fully saturated rings. The second-order valence-corrected chi connectivity index (χ2v) is 4.56. The van der Waals surface area contributed by atoms with Crippen LogP contribution in [0.3, 0.4) is 0 Å². The fourth-order valence-corrected chi connectivity index (χ4v) is 1.80. The average molecular weight is 302 g/mol. The van der Waals surface area contributed by atoms with Crippen LogP contribution in [0.4, 0.5) is 10.1 Å². The number of hydrogen-bond donors (Lipinski definition) is 0. The van der Waals surface area contributed by atoms with Crippen molar-refractivity contribution < 1.29 is 14.0 Å².